The zero-order valence-electron chi connectivity index (χ0n) is 20.2. The van der Waals surface area contributed by atoms with Crippen LogP contribution < -0.4 is 19.5 Å². The minimum Gasteiger partial charge on any atom is -0.492 e. The van der Waals surface area contributed by atoms with Gasteiger partial charge in [0.15, 0.2) is 11.5 Å². The number of rotatable bonds is 6. The largest absolute Gasteiger partial charge is 0.492 e. The Morgan fingerprint density at radius 3 is 2.75 bits per heavy atom. The van der Waals surface area contributed by atoms with Crippen LogP contribution in [0.2, 0.25) is 0 Å². The summed E-state index contributed by atoms with van der Waals surface area (Å²) in [6.07, 6.45) is 8.18. The first-order valence-corrected chi connectivity index (χ1v) is 12.5. The molecule has 1 saturated heterocycles. The maximum absolute atomic E-state index is 13.2. The number of nitrogens with zero attached hydrogens (tertiary/aromatic N) is 3. The van der Waals surface area contributed by atoms with Crippen molar-refractivity contribution in [3.8, 4) is 28.5 Å². The summed E-state index contributed by atoms with van der Waals surface area (Å²) in [7, 11) is 0. The van der Waals surface area contributed by atoms with Crippen LogP contribution in [0.1, 0.15) is 49.4 Å². The minimum absolute atomic E-state index is 0.00815. The number of aromatic amines is 1. The summed E-state index contributed by atoms with van der Waals surface area (Å²) in [5.74, 6) is 2.32. The topological polar surface area (TPSA) is 119 Å². The molecular formula is C26H29N5O5. The van der Waals surface area contributed by atoms with Crippen LogP contribution in [0.5, 0.6) is 17.2 Å². The van der Waals surface area contributed by atoms with Gasteiger partial charge in [-0.15, -0.1) is 0 Å². The number of carbonyl (C=O) groups excluding carboxylic acids is 2. The maximum atomic E-state index is 13.2. The number of hydrogen-bond donors (Lipinski definition) is 2. The van der Waals surface area contributed by atoms with Crippen molar-refractivity contribution in [2.24, 2.45) is 5.92 Å². The van der Waals surface area contributed by atoms with E-state index in [-0.39, 0.29) is 24.6 Å². The van der Waals surface area contributed by atoms with Crippen molar-refractivity contribution in [2.45, 2.75) is 45.1 Å². The van der Waals surface area contributed by atoms with Crippen LogP contribution >= 0.6 is 0 Å². The van der Waals surface area contributed by atoms with Crippen molar-refractivity contribution in [1.29, 1.82) is 0 Å². The van der Waals surface area contributed by atoms with Gasteiger partial charge >= 0.3 is 0 Å². The molecule has 188 valence electrons. The number of hydrogen-bond acceptors (Lipinski definition) is 7. The molecule has 0 spiro atoms. The Kier molecular flexibility index (Phi) is 5.86. The molecule has 2 N–H and O–H groups in total. The van der Waals surface area contributed by atoms with Gasteiger partial charge in [0.2, 0.25) is 12.7 Å². The maximum Gasteiger partial charge on any atom is 0.255 e. The molecule has 0 radical (unpaired) electrons. The highest BCUT2D eigenvalue weighted by Crippen LogP contribution is 2.48. The average Bonchev–Trinajstić information content (AvgIpc) is 3.50. The molecule has 2 fully saturated rings. The lowest BCUT2D eigenvalue weighted by Crippen LogP contribution is -2.45. The van der Waals surface area contributed by atoms with Gasteiger partial charge in [0, 0.05) is 32.3 Å². The van der Waals surface area contributed by atoms with Gasteiger partial charge in [-0.05, 0) is 43.7 Å². The van der Waals surface area contributed by atoms with Gasteiger partial charge in [0.05, 0.1) is 23.3 Å². The number of amides is 2. The van der Waals surface area contributed by atoms with E-state index in [4.69, 9.17) is 14.2 Å². The third-order valence-corrected chi connectivity index (χ3v) is 7.42. The number of piperidine rings is 1. The Hall–Kier alpha value is -3.82. The van der Waals surface area contributed by atoms with E-state index in [1.807, 2.05) is 17.0 Å². The zero-order valence-corrected chi connectivity index (χ0v) is 20.2. The fourth-order valence-corrected chi connectivity index (χ4v) is 5.07. The number of H-pyrrole nitrogens is 1. The smallest absolute Gasteiger partial charge is 0.255 e. The number of likely N-dealkylation sites (tertiary alicyclic amines) is 1. The fourth-order valence-electron chi connectivity index (χ4n) is 5.07. The molecule has 4 heterocycles. The lowest BCUT2D eigenvalue weighted by atomic mass is 9.86. The Balaban J connectivity index is 1.29. The van der Waals surface area contributed by atoms with Crippen LogP contribution in [0.4, 0.5) is 0 Å². The summed E-state index contributed by atoms with van der Waals surface area (Å²) in [6, 6.07) is 3.75. The van der Waals surface area contributed by atoms with Crippen molar-refractivity contribution >= 4 is 22.8 Å². The number of aromatic nitrogens is 3. The van der Waals surface area contributed by atoms with E-state index >= 15 is 0 Å². The average molecular weight is 492 g/mol. The molecule has 3 aromatic rings. The molecule has 0 atom stereocenters. The molecule has 6 rings (SSSR count). The number of ether oxygens (including phenoxy) is 3. The molecule has 36 heavy (non-hydrogen) atoms. The molecule has 1 aliphatic carbocycles. The summed E-state index contributed by atoms with van der Waals surface area (Å²) in [5, 5.41) is 3.10. The predicted octanol–water partition coefficient (Wildman–Crippen LogP) is 3.27. The SMILES string of the molecule is CC(=O)N1CCC(NC(=O)c2c[nH]c3c(-c4c(OCC5CCC5)ccc5c4OCO5)ncnc23)CC1. The minimum atomic E-state index is -0.202. The van der Waals surface area contributed by atoms with Gasteiger partial charge in [-0.2, -0.15) is 0 Å². The van der Waals surface area contributed by atoms with Crippen LogP contribution in [0, 0.1) is 5.92 Å². The number of fused-ring (bicyclic) bond motifs is 2. The number of benzene rings is 1. The molecule has 2 aliphatic heterocycles. The third kappa shape index (κ3) is 4.10. The van der Waals surface area contributed by atoms with Gasteiger partial charge in [-0.1, -0.05) is 6.42 Å². The van der Waals surface area contributed by atoms with Gasteiger partial charge in [0.1, 0.15) is 23.3 Å². The summed E-state index contributed by atoms with van der Waals surface area (Å²) < 4.78 is 17.7. The van der Waals surface area contributed by atoms with Crippen LogP contribution in [0.3, 0.4) is 0 Å². The van der Waals surface area contributed by atoms with E-state index in [1.54, 1.807) is 13.1 Å². The Morgan fingerprint density at radius 1 is 1.17 bits per heavy atom. The first kappa shape index (κ1) is 22.6. The molecule has 10 heteroatoms. The van der Waals surface area contributed by atoms with E-state index in [0.717, 1.165) is 12.8 Å². The van der Waals surface area contributed by atoms with Crippen molar-refractivity contribution in [3.05, 3.63) is 30.2 Å². The Morgan fingerprint density at radius 2 is 2.00 bits per heavy atom. The summed E-state index contributed by atoms with van der Waals surface area (Å²) in [4.78, 5) is 38.8. The molecule has 3 aliphatic rings. The normalized spacial score (nSPS) is 17.8. The monoisotopic (exact) mass is 491 g/mol. The molecule has 2 aromatic heterocycles. The van der Waals surface area contributed by atoms with Crippen LogP contribution in [-0.4, -0.2) is 64.2 Å². The molecule has 2 amide bonds. The second-order valence-electron chi connectivity index (χ2n) is 9.68. The molecule has 1 saturated carbocycles. The summed E-state index contributed by atoms with van der Waals surface area (Å²) in [6.45, 7) is 3.63. The summed E-state index contributed by atoms with van der Waals surface area (Å²) >= 11 is 0. The van der Waals surface area contributed by atoms with Crippen molar-refractivity contribution < 1.29 is 23.8 Å². The molecule has 0 bridgehead atoms. The molecule has 0 unspecified atom stereocenters. The molecule has 10 nitrogen and oxygen atoms in total. The first-order valence-electron chi connectivity index (χ1n) is 12.5. The van der Waals surface area contributed by atoms with Crippen LogP contribution in [0.25, 0.3) is 22.3 Å². The van der Waals surface area contributed by atoms with Crippen LogP contribution in [-0.2, 0) is 4.79 Å². The van der Waals surface area contributed by atoms with Crippen LogP contribution in [0.15, 0.2) is 24.7 Å². The fraction of sp³-hybridized carbons (Fsp3) is 0.462. The van der Waals surface area contributed by atoms with Gasteiger partial charge < -0.3 is 29.4 Å². The van der Waals surface area contributed by atoms with Gasteiger partial charge in [-0.25, -0.2) is 9.97 Å². The van der Waals surface area contributed by atoms with E-state index in [9.17, 15) is 9.59 Å². The Bertz CT molecular complexity index is 1310. The molecule has 1 aromatic carbocycles. The van der Waals surface area contributed by atoms with E-state index in [2.05, 4.69) is 20.3 Å². The number of carbonyl (C=O) groups is 2. The van der Waals surface area contributed by atoms with Gasteiger partial charge in [-0.3, -0.25) is 9.59 Å². The Labute approximate surface area is 208 Å². The van der Waals surface area contributed by atoms with E-state index in [0.29, 0.717) is 70.7 Å². The van der Waals surface area contributed by atoms with E-state index in [1.165, 1.54) is 25.6 Å². The third-order valence-electron chi connectivity index (χ3n) is 7.42. The second-order valence-corrected chi connectivity index (χ2v) is 9.68. The molecular weight excluding hydrogens is 462 g/mol. The predicted molar refractivity (Wildman–Crippen MR) is 131 cm³/mol. The highest BCUT2D eigenvalue weighted by Gasteiger charge is 2.29. The summed E-state index contributed by atoms with van der Waals surface area (Å²) in [5.41, 5.74) is 2.90. The first-order chi connectivity index (χ1) is 17.6. The van der Waals surface area contributed by atoms with Crippen molar-refractivity contribution in [2.75, 3.05) is 26.5 Å². The number of nitrogens with one attached hydrogen (secondary N) is 2. The zero-order chi connectivity index (χ0) is 24.6. The van der Waals surface area contributed by atoms with Crippen molar-refractivity contribution in [3.63, 3.8) is 0 Å². The van der Waals surface area contributed by atoms with Crippen molar-refractivity contribution in [1.82, 2.24) is 25.2 Å². The van der Waals surface area contributed by atoms with E-state index < -0.39 is 0 Å². The lowest BCUT2D eigenvalue weighted by Gasteiger charge is -2.31. The highest BCUT2D eigenvalue weighted by atomic mass is 16.7. The quantitative estimate of drug-likeness (QED) is 0.543. The van der Waals surface area contributed by atoms with Gasteiger partial charge in [0.25, 0.3) is 5.91 Å². The highest BCUT2D eigenvalue weighted by molar-refractivity contribution is 6.08. The lowest BCUT2D eigenvalue weighted by molar-refractivity contribution is -0.129. The second kappa shape index (κ2) is 9.33. The standard InChI is InChI=1S/C26H29N5O5/c1-15(32)31-9-7-17(8-10-31)30-26(33)18-11-27-24-22(18)28-13-29-23(24)21-19(34-12-16-3-2-4-16)5-6-20-25(21)36-14-35-20/h5-6,11,13,16-17,27H,2-4,7-10,12,14H2,1H3,(H,30,33).